The Hall–Kier alpha value is -3.23. The van der Waals surface area contributed by atoms with E-state index in [1.54, 1.807) is 24.4 Å². The number of rotatable bonds is 6. The summed E-state index contributed by atoms with van der Waals surface area (Å²) in [6, 6.07) is 16.0. The van der Waals surface area contributed by atoms with Crippen molar-refractivity contribution in [2.24, 2.45) is 0 Å². The molecule has 2 saturated heterocycles. The molecule has 2 aromatic heterocycles. The maximum Gasteiger partial charge on any atom is 0.335 e. The van der Waals surface area contributed by atoms with Crippen molar-refractivity contribution in [2.75, 3.05) is 13.2 Å². The van der Waals surface area contributed by atoms with Crippen LogP contribution < -0.4 is 5.32 Å². The van der Waals surface area contributed by atoms with E-state index >= 15 is 0 Å². The summed E-state index contributed by atoms with van der Waals surface area (Å²) in [5.41, 5.74) is 1.81. The molecule has 0 saturated carbocycles. The fourth-order valence-electron chi connectivity index (χ4n) is 4.39. The highest BCUT2D eigenvalue weighted by Crippen LogP contribution is 2.41. The van der Waals surface area contributed by atoms with Crippen LogP contribution in [0.5, 0.6) is 0 Å². The predicted molar refractivity (Wildman–Crippen MR) is 122 cm³/mol. The number of carboxylic acid groups (broad SMARTS) is 1. The topological polar surface area (TPSA) is 87.8 Å². The molecule has 0 amide bonds. The van der Waals surface area contributed by atoms with Gasteiger partial charge in [0, 0.05) is 24.9 Å². The lowest BCUT2D eigenvalue weighted by molar-refractivity contribution is 0.0697. The third-order valence-electron chi connectivity index (χ3n) is 5.93. The number of hydrogen-bond donors (Lipinski definition) is 2. The molecule has 164 valence electrons. The molecule has 5 rings (SSSR count). The monoisotopic (exact) mass is 449 g/mol. The van der Waals surface area contributed by atoms with Gasteiger partial charge in [0.15, 0.2) is 5.11 Å². The zero-order valence-corrected chi connectivity index (χ0v) is 18.1. The maximum absolute atomic E-state index is 11.4. The number of carbonyl (C=O) groups is 1. The quantitative estimate of drug-likeness (QED) is 0.542. The van der Waals surface area contributed by atoms with E-state index in [4.69, 9.17) is 21.4 Å². The third kappa shape index (κ3) is 3.99. The second-order valence-corrected chi connectivity index (χ2v) is 8.39. The van der Waals surface area contributed by atoms with E-state index in [9.17, 15) is 9.90 Å². The van der Waals surface area contributed by atoms with Crippen molar-refractivity contribution in [3.63, 3.8) is 0 Å². The van der Waals surface area contributed by atoms with Crippen molar-refractivity contribution < 1.29 is 19.1 Å². The molecule has 0 radical (unpaired) electrons. The molecule has 0 aliphatic carbocycles. The van der Waals surface area contributed by atoms with Crippen molar-refractivity contribution in [1.82, 2.24) is 15.2 Å². The highest BCUT2D eigenvalue weighted by atomic mass is 32.1. The van der Waals surface area contributed by atoms with Gasteiger partial charge in [-0.3, -0.25) is 4.98 Å². The Morgan fingerprint density at radius 3 is 2.88 bits per heavy atom. The first-order valence-corrected chi connectivity index (χ1v) is 11.0. The SMILES string of the molecule is O=C(O)c1cccc(-c2ccc([C@@H]3[C@H](c4ccccn4)NC(=S)N3C[C@@H]3CCCO3)o2)c1. The first-order valence-electron chi connectivity index (χ1n) is 10.6. The van der Waals surface area contributed by atoms with Crippen LogP contribution in [0.15, 0.2) is 65.2 Å². The van der Waals surface area contributed by atoms with Gasteiger partial charge in [0.1, 0.15) is 17.6 Å². The summed E-state index contributed by atoms with van der Waals surface area (Å²) in [4.78, 5) is 18.0. The van der Waals surface area contributed by atoms with E-state index in [-0.39, 0.29) is 23.8 Å². The van der Waals surface area contributed by atoms with Crippen LogP contribution in [0, 0.1) is 0 Å². The summed E-state index contributed by atoms with van der Waals surface area (Å²) in [6.07, 6.45) is 3.95. The summed E-state index contributed by atoms with van der Waals surface area (Å²) in [6.45, 7) is 1.45. The predicted octanol–water partition coefficient (Wildman–Crippen LogP) is 4.19. The number of hydrogen-bond acceptors (Lipinski definition) is 5. The lowest BCUT2D eigenvalue weighted by atomic mass is 10.0. The van der Waals surface area contributed by atoms with Gasteiger partial charge in [-0.15, -0.1) is 0 Å². The fourth-order valence-corrected chi connectivity index (χ4v) is 4.71. The highest BCUT2D eigenvalue weighted by molar-refractivity contribution is 7.80. The molecule has 3 aromatic rings. The second-order valence-electron chi connectivity index (χ2n) is 8.00. The van der Waals surface area contributed by atoms with Crippen LogP contribution in [0.3, 0.4) is 0 Å². The largest absolute Gasteiger partial charge is 0.478 e. The first kappa shape index (κ1) is 20.7. The lowest BCUT2D eigenvalue weighted by Gasteiger charge is -2.28. The molecule has 8 heteroatoms. The lowest BCUT2D eigenvalue weighted by Crippen LogP contribution is -2.36. The van der Waals surface area contributed by atoms with Crippen molar-refractivity contribution >= 4 is 23.3 Å². The van der Waals surface area contributed by atoms with Crippen LogP contribution in [0.2, 0.25) is 0 Å². The van der Waals surface area contributed by atoms with E-state index in [0.29, 0.717) is 23.0 Å². The average Bonchev–Trinajstić information content (AvgIpc) is 3.56. The molecule has 2 fully saturated rings. The molecule has 2 aliphatic rings. The molecule has 2 N–H and O–H groups in total. The number of thiocarbonyl (C=S) groups is 1. The molecular weight excluding hydrogens is 426 g/mol. The van der Waals surface area contributed by atoms with Crippen molar-refractivity contribution in [3.8, 4) is 11.3 Å². The van der Waals surface area contributed by atoms with Crippen molar-refractivity contribution in [1.29, 1.82) is 0 Å². The van der Waals surface area contributed by atoms with Gasteiger partial charge in [-0.2, -0.15) is 0 Å². The van der Waals surface area contributed by atoms with Gasteiger partial charge in [0.25, 0.3) is 0 Å². The van der Waals surface area contributed by atoms with Crippen LogP contribution >= 0.6 is 12.2 Å². The number of ether oxygens (including phenoxy) is 1. The average molecular weight is 450 g/mol. The smallest absolute Gasteiger partial charge is 0.335 e. The molecule has 1 aromatic carbocycles. The highest BCUT2D eigenvalue weighted by Gasteiger charge is 2.42. The fraction of sp³-hybridized carbons (Fsp3) is 0.292. The third-order valence-corrected chi connectivity index (χ3v) is 6.29. The van der Waals surface area contributed by atoms with Crippen LogP contribution in [-0.4, -0.2) is 45.3 Å². The summed E-state index contributed by atoms with van der Waals surface area (Å²) >= 11 is 5.70. The van der Waals surface area contributed by atoms with E-state index in [1.165, 1.54) is 0 Å². The van der Waals surface area contributed by atoms with Crippen LogP contribution in [0.25, 0.3) is 11.3 Å². The zero-order chi connectivity index (χ0) is 22.1. The Morgan fingerprint density at radius 1 is 1.22 bits per heavy atom. The molecule has 0 spiro atoms. The molecule has 0 unspecified atom stereocenters. The van der Waals surface area contributed by atoms with Crippen molar-refractivity contribution in [2.45, 2.75) is 31.0 Å². The molecule has 0 bridgehead atoms. The molecule has 3 atom stereocenters. The van der Waals surface area contributed by atoms with Crippen LogP contribution in [0.4, 0.5) is 0 Å². The van der Waals surface area contributed by atoms with Gasteiger partial charge in [-0.05, 0) is 61.5 Å². The zero-order valence-electron chi connectivity index (χ0n) is 17.3. The molecule has 32 heavy (non-hydrogen) atoms. The summed E-state index contributed by atoms with van der Waals surface area (Å²) < 4.78 is 12.1. The minimum absolute atomic E-state index is 0.126. The maximum atomic E-state index is 11.4. The number of carboxylic acids is 1. The number of benzene rings is 1. The first-order chi connectivity index (χ1) is 15.6. The van der Waals surface area contributed by atoms with E-state index in [2.05, 4.69) is 15.2 Å². The Balaban J connectivity index is 1.50. The van der Waals surface area contributed by atoms with Crippen LogP contribution in [0.1, 0.15) is 46.7 Å². The number of pyridine rings is 1. The van der Waals surface area contributed by atoms with Gasteiger partial charge < -0.3 is 24.5 Å². The normalized spacial score (nSPS) is 22.8. The van der Waals surface area contributed by atoms with Crippen molar-refractivity contribution in [3.05, 3.63) is 77.8 Å². The number of nitrogens with zero attached hydrogens (tertiary/aromatic N) is 2. The molecule has 2 aliphatic heterocycles. The van der Waals surface area contributed by atoms with Crippen LogP contribution in [-0.2, 0) is 4.74 Å². The second kappa shape index (κ2) is 8.72. The Morgan fingerprint density at radius 2 is 2.12 bits per heavy atom. The van der Waals surface area contributed by atoms with E-state index < -0.39 is 5.97 Å². The van der Waals surface area contributed by atoms with Gasteiger partial charge >= 0.3 is 5.97 Å². The minimum atomic E-state index is -0.970. The Bertz CT molecular complexity index is 1130. The van der Waals surface area contributed by atoms with E-state index in [1.807, 2.05) is 36.4 Å². The number of aromatic carboxylic acids is 1. The molecule has 4 heterocycles. The summed E-state index contributed by atoms with van der Waals surface area (Å²) in [5, 5.41) is 13.4. The Labute approximate surface area is 191 Å². The number of nitrogens with one attached hydrogen (secondary N) is 1. The summed E-state index contributed by atoms with van der Waals surface area (Å²) in [5.74, 6) is 0.376. The van der Waals surface area contributed by atoms with E-state index in [0.717, 1.165) is 30.9 Å². The molecular formula is C24H23N3O4S. The Kier molecular flexibility index (Phi) is 5.63. The van der Waals surface area contributed by atoms with Gasteiger partial charge in [0.05, 0.1) is 23.4 Å². The number of furan rings is 1. The number of aromatic nitrogens is 1. The van der Waals surface area contributed by atoms with Gasteiger partial charge in [0.2, 0.25) is 0 Å². The van der Waals surface area contributed by atoms with Gasteiger partial charge in [-0.25, -0.2) is 4.79 Å². The standard InChI is InChI=1S/C24H23N3O4S/c28-23(29)16-6-3-5-15(13-16)19-9-10-20(31-19)22-21(18-8-1-2-11-25-18)26-24(32)27(22)14-17-7-4-12-30-17/h1-3,5-6,8-11,13,17,21-22H,4,7,12,14H2,(H,26,32)(H,28,29)/t17-,21-,22+/m0/s1. The minimum Gasteiger partial charge on any atom is -0.478 e. The van der Waals surface area contributed by atoms with Gasteiger partial charge in [-0.1, -0.05) is 18.2 Å². The molecule has 7 nitrogen and oxygen atoms in total. The summed E-state index contributed by atoms with van der Waals surface area (Å²) in [7, 11) is 0.